The number of piperidine rings is 1. The predicted molar refractivity (Wildman–Crippen MR) is 68.0 cm³/mol. The Morgan fingerprint density at radius 1 is 1.47 bits per heavy atom. The maximum absolute atomic E-state index is 4.36. The van der Waals surface area contributed by atoms with Crippen molar-refractivity contribution in [2.45, 2.75) is 38.6 Å². The molecular weight excluding hydrogens is 212 g/mol. The van der Waals surface area contributed by atoms with Crippen molar-refractivity contribution < 1.29 is 0 Å². The van der Waals surface area contributed by atoms with Crippen LogP contribution < -0.4 is 10.6 Å². The van der Waals surface area contributed by atoms with E-state index in [0.717, 1.165) is 18.2 Å². The normalized spacial score (nSPS) is 25.8. The lowest BCUT2D eigenvalue weighted by Gasteiger charge is -2.30. The van der Waals surface area contributed by atoms with Crippen molar-refractivity contribution >= 4 is 5.95 Å². The van der Waals surface area contributed by atoms with Crippen molar-refractivity contribution in [3.05, 3.63) is 18.0 Å². The van der Waals surface area contributed by atoms with E-state index in [1.807, 2.05) is 13.0 Å². The first-order valence-corrected chi connectivity index (χ1v) is 6.53. The summed E-state index contributed by atoms with van der Waals surface area (Å²) in [6, 6.07) is 2.50. The molecule has 2 fully saturated rings. The van der Waals surface area contributed by atoms with E-state index in [0.29, 0.717) is 11.5 Å². The minimum atomic E-state index is 0.579. The number of nitrogens with one attached hydrogen (secondary N) is 2. The van der Waals surface area contributed by atoms with Crippen molar-refractivity contribution in [1.29, 1.82) is 0 Å². The predicted octanol–water partition coefficient (Wildman–Crippen LogP) is 1.73. The molecule has 1 aliphatic heterocycles. The summed E-state index contributed by atoms with van der Waals surface area (Å²) in [4.78, 5) is 8.59. The molecule has 2 aliphatic rings. The third-order valence-electron chi connectivity index (χ3n) is 4.03. The van der Waals surface area contributed by atoms with Crippen molar-refractivity contribution in [1.82, 2.24) is 15.3 Å². The van der Waals surface area contributed by atoms with Gasteiger partial charge in [0.15, 0.2) is 0 Å². The van der Waals surface area contributed by atoms with Gasteiger partial charge in [-0.05, 0) is 50.6 Å². The molecule has 3 rings (SSSR count). The summed E-state index contributed by atoms with van der Waals surface area (Å²) in [5.74, 6) is 0.752. The van der Waals surface area contributed by atoms with Gasteiger partial charge in [-0.2, -0.15) is 0 Å². The van der Waals surface area contributed by atoms with Crippen LogP contribution in [-0.2, 0) is 0 Å². The molecule has 0 radical (unpaired) electrons. The van der Waals surface area contributed by atoms with Crippen LogP contribution in [0.2, 0.25) is 0 Å². The quantitative estimate of drug-likeness (QED) is 0.833. The van der Waals surface area contributed by atoms with Gasteiger partial charge >= 0.3 is 0 Å². The smallest absolute Gasteiger partial charge is 0.222 e. The highest BCUT2D eigenvalue weighted by Crippen LogP contribution is 2.53. The first kappa shape index (κ1) is 11.0. The topological polar surface area (TPSA) is 49.8 Å². The van der Waals surface area contributed by atoms with E-state index in [2.05, 4.69) is 20.6 Å². The average molecular weight is 232 g/mol. The monoisotopic (exact) mass is 232 g/mol. The fourth-order valence-corrected chi connectivity index (χ4v) is 2.76. The SMILES string of the molecule is Cc1ccnc(NC[C@@H]2CC3(CCN2)CC3)n1. The van der Waals surface area contributed by atoms with Gasteiger partial charge in [-0.15, -0.1) is 0 Å². The summed E-state index contributed by atoms with van der Waals surface area (Å²) < 4.78 is 0. The molecule has 0 aromatic carbocycles. The molecule has 4 heteroatoms. The van der Waals surface area contributed by atoms with E-state index in [4.69, 9.17) is 0 Å². The number of rotatable bonds is 3. The Hall–Kier alpha value is -1.16. The Labute approximate surface area is 102 Å². The molecule has 92 valence electrons. The molecule has 17 heavy (non-hydrogen) atoms. The Kier molecular flexibility index (Phi) is 2.74. The van der Waals surface area contributed by atoms with Gasteiger partial charge < -0.3 is 10.6 Å². The second kappa shape index (κ2) is 4.26. The molecule has 4 nitrogen and oxygen atoms in total. The average Bonchev–Trinajstić information content (AvgIpc) is 3.06. The van der Waals surface area contributed by atoms with Crippen molar-refractivity contribution in [3.8, 4) is 0 Å². The largest absolute Gasteiger partial charge is 0.353 e. The molecule has 1 atom stereocenters. The van der Waals surface area contributed by atoms with Crippen molar-refractivity contribution in [2.75, 3.05) is 18.4 Å². The zero-order valence-corrected chi connectivity index (χ0v) is 10.4. The van der Waals surface area contributed by atoms with E-state index < -0.39 is 0 Å². The number of hydrogen-bond acceptors (Lipinski definition) is 4. The van der Waals surface area contributed by atoms with E-state index in [-0.39, 0.29) is 0 Å². The molecule has 1 spiro atoms. The Morgan fingerprint density at radius 2 is 2.35 bits per heavy atom. The highest BCUT2D eigenvalue weighted by Gasteiger charge is 2.45. The van der Waals surface area contributed by atoms with Gasteiger partial charge in [0.2, 0.25) is 5.95 Å². The van der Waals surface area contributed by atoms with Gasteiger partial charge in [-0.1, -0.05) is 0 Å². The lowest BCUT2D eigenvalue weighted by molar-refractivity contribution is 0.290. The van der Waals surface area contributed by atoms with E-state index >= 15 is 0 Å². The van der Waals surface area contributed by atoms with Gasteiger partial charge in [-0.3, -0.25) is 0 Å². The van der Waals surface area contributed by atoms with Crippen LogP contribution in [0.5, 0.6) is 0 Å². The molecular formula is C13H20N4. The molecule has 1 saturated carbocycles. The summed E-state index contributed by atoms with van der Waals surface area (Å²) in [6.45, 7) is 4.09. The van der Waals surface area contributed by atoms with Crippen molar-refractivity contribution in [2.24, 2.45) is 5.41 Å². The van der Waals surface area contributed by atoms with Crippen LogP contribution in [0.1, 0.15) is 31.4 Å². The summed E-state index contributed by atoms with van der Waals surface area (Å²) >= 11 is 0. The molecule has 2 heterocycles. The summed E-state index contributed by atoms with van der Waals surface area (Å²) in [5.41, 5.74) is 1.71. The maximum atomic E-state index is 4.36. The number of hydrogen-bond donors (Lipinski definition) is 2. The minimum absolute atomic E-state index is 0.579. The number of nitrogens with zero attached hydrogens (tertiary/aromatic N) is 2. The van der Waals surface area contributed by atoms with E-state index in [9.17, 15) is 0 Å². The van der Waals surface area contributed by atoms with Gasteiger partial charge in [0.25, 0.3) is 0 Å². The highest BCUT2D eigenvalue weighted by molar-refractivity contribution is 5.25. The summed E-state index contributed by atoms with van der Waals surface area (Å²) in [7, 11) is 0. The van der Waals surface area contributed by atoms with Crippen LogP contribution in [-0.4, -0.2) is 29.1 Å². The second-order valence-corrected chi connectivity index (χ2v) is 5.51. The van der Waals surface area contributed by atoms with Crippen LogP contribution in [0.3, 0.4) is 0 Å². The third-order valence-corrected chi connectivity index (χ3v) is 4.03. The second-order valence-electron chi connectivity index (χ2n) is 5.51. The Balaban J connectivity index is 1.53. The first-order valence-electron chi connectivity index (χ1n) is 6.53. The Bertz CT molecular complexity index is 400. The van der Waals surface area contributed by atoms with Gasteiger partial charge in [0.1, 0.15) is 0 Å². The van der Waals surface area contributed by atoms with E-state index in [1.165, 1.54) is 32.2 Å². The number of anilines is 1. The lowest BCUT2D eigenvalue weighted by atomic mass is 9.89. The Morgan fingerprint density at radius 3 is 3.12 bits per heavy atom. The number of aryl methyl sites for hydroxylation is 1. The molecule has 1 aromatic heterocycles. The maximum Gasteiger partial charge on any atom is 0.222 e. The standard InChI is InChI=1S/C13H20N4/c1-10-2-6-15-12(17-10)16-9-11-8-13(3-4-13)5-7-14-11/h2,6,11,14H,3-5,7-9H2,1H3,(H,15,16,17)/t11-/m0/s1. The van der Waals surface area contributed by atoms with Crippen LogP contribution in [0, 0.1) is 12.3 Å². The van der Waals surface area contributed by atoms with Crippen molar-refractivity contribution in [3.63, 3.8) is 0 Å². The molecule has 1 aromatic rings. The molecule has 0 unspecified atom stereocenters. The van der Waals surface area contributed by atoms with Gasteiger partial charge in [0.05, 0.1) is 0 Å². The zero-order valence-electron chi connectivity index (χ0n) is 10.4. The highest BCUT2D eigenvalue weighted by atomic mass is 15.1. The van der Waals surface area contributed by atoms with Crippen LogP contribution in [0.4, 0.5) is 5.95 Å². The molecule has 1 saturated heterocycles. The fourth-order valence-electron chi connectivity index (χ4n) is 2.76. The summed E-state index contributed by atoms with van der Waals surface area (Å²) in [5, 5.41) is 6.92. The van der Waals surface area contributed by atoms with Gasteiger partial charge in [0, 0.05) is 24.5 Å². The van der Waals surface area contributed by atoms with Crippen LogP contribution in [0.15, 0.2) is 12.3 Å². The molecule has 0 amide bonds. The van der Waals surface area contributed by atoms with Crippen LogP contribution in [0.25, 0.3) is 0 Å². The van der Waals surface area contributed by atoms with Gasteiger partial charge in [-0.25, -0.2) is 9.97 Å². The zero-order chi connectivity index (χ0) is 11.7. The third kappa shape index (κ3) is 2.57. The van der Waals surface area contributed by atoms with E-state index in [1.54, 1.807) is 6.20 Å². The minimum Gasteiger partial charge on any atom is -0.353 e. The summed E-state index contributed by atoms with van der Waals surface area (Å²) in [6.07, 6.45) is 7.36. The number of aromatic nitrogens is 2. The fraction of sp³-hybridized carbons (Fsp3) is 0.692. The molecule has 0 bridgehead atoms. The lowest BCUT2D eigenvalue weighted by Crippen LogP contribution is -2.43. The molecule has 2 N–H and O–H groups in total. The molecule has 1 aliphatic carbocycles. The first-order chi connectivity index (χ1) is 8.26. The van der Waals surface area contributed by atoms with Crippen LogP contribution >= 0.6 is 0 Å².